The van der Waals surface area contributed by atoms with Gasteiger partial charge in [-0.25, -0.2) is 4.98 Å². The summed E-state index contributed by atoms with van der Waals surface area (Å²) in [7, 11) is 2.11. The third kappa shape index (κ3) is 6.30. The number of carboxylic acid groups (broad SMARTS) is 1. The number of hydrogen-bond donors (Lipinski definition) is 2. The molecule has 2 aromatic rings. The molecule has 1 fully saturated rings. The predicted molar refractivity (Wildman–Crippen MR) is 103 cm³/mol. The first-order chi connectivity index (χ1) is 13.0. The Morgan fingerprint density at radius 3 is 2.85 bits per heavy atom. The molecule has 1 atom stereocenters. The summed E-state index contributed by atoms with van der Waals surface area (Å²) in [5, 5.41) is 10.4. The molecule has 1 saturated heterocycles. The van der Waals surface area contributed by atoms with E-state index < -0.39 is 0 Å². The fourth-order valence-electron chi connectivity index (χ4n) is 3.00. The molecular weight excluding hydrogens is 368 g/mol. The first-order valence-electron chi connectivity index (χ1n) is 8.65. The van der Waals surface area contributed by atoms with Gasteiger partial charge in [-0.1, -0.05) is 29.8 Å². The summed E-state index contributed by atoms with van der Waals surface area (Å²) in [6.07, 6.45) is 5.52. The van der Waals surface area contributed by atoms with Crippen LogP contribution in [0.25, 0.3) is 0 Å². The zero-order chi connectivity index (χ0) is 19.6. The van der Waals surface area contributed by atoms with Crippen molar-refractivity contribution in [3.63, 3.8) is 0 Å². The number of benzene rings is 1. The number of likely N-dealkylation sites (N-methyl/N-ethyl adjacent to an activating group) is 1. The third-order valence-electron chi connectivity index (χ3n) is 4.33. The molecule has 1 aromatic heterocycles. The van der Waals surface area contributed by atoms with Crippen LogP contribution in [-0.2, 0) is 11.3 Å². The maximum Gasteiger partial charge on any atom is 0.290 e. The van der Waals surface area contributed by atoms with Crippen molar-refractivity contribution in [2.45, 2.75) is 25.3 Å². The highest BCUT2D eigenvalue weighted by molar-refractivity contribution is 6.31. The summed E-state index contributed by atoms with van der Waals surface area (Å²) in [5.41, 5.74) is 2.13. The number of hydrogen-bond acceptors (Lipinski definition) is 5. The lowest BCUT2D eigenvalue weighted by Gasteiger charge is -2.29. The molecule has 7 nitrogen and oxygen atoms in total. The average Bonchev–Trinajstić information content (AvgIpc) is 2.68. The number of piperidine rings is 1. The van der Waals surface area contributed by atoms with Crippen LogP contribution in [-0.4, -0.2) is 52.5 Å². The minimum absolute atomic E-state index is 0.228. The lowest BCUT2D eigenvalue weighted by Crippen LogP contribution is -2.32. The van der Waals surface area contributed by atoms with Crippen LogP contribution < -0.4 is 5.32 Å². The molecule has 2 N–H and O–H groups in total. The Morgan fingerprint density at radius 1 is 1.41 bits per heavy atom. The quantitative estimate of drug-likeness (QED) is 0.779. The summed E-state index contributed by atoms with van der Waals surface area (Å²) in [6.45, 7) is 2.19. The summed E-state index contributed by atoms with van der Waals surface area (Å²) >= 11 is 6.11. The van der Waals surface area contributed by atoms with Gasteiger partial charge in [0.05, 0.1) is 11.9 Å². The number of halogens is 1. The van der Waals surface area contributed by atoms with Crippen molar-refractivity contribution < 1.29 is 14.7 Å². The number of carbonyl (C=O) groups excluding carboxylic acids is 1. The average molecular weight is 391 g/mol. The highest BCUT2D eigenvalue weighted by Crippen LogP contribution is 2.24. The number of rotatable bonds is 4. The first-order valence-corrected chi connectivity index (χ1v) is 9.03. The van der Waals surface area contributed by atoms with Crippen LogP contribution in [0.3, 0.4) is 0 Å². The van der Waals surface area contributed by atoms with Gasteiger partial charge in [-0.15, -0.1) is 0 Å². The molecule has 1 aromatic carbocycles. The van der Waals surface area contributed by atoms with E-state index >= 15 is 0 Å². The minimum atomic E-state index is -0.250. The SMILES string of the molecule is CN1CCCC(c2cncc(C(=O)NCc3ccccc3Cl)n2)C1.O=CO. The van der Waals surface area contributed by atoms with Gasteiger partial charge in [-0.05, 0) is 38.1 Å². The van der Waals surface area contributed by atoms with Gasteiger partial charge in [0, 0.05) is 30.2 Å². The standard InChI is InChI=1S/C18H21ClN4O.CH2O2/c1-23-8-4-6-14(12-23)16-10-20-11-17(22-16)18(24)21-9-13-5-2-3-7-15(13)19;2-1-3/h2-3,5,7,10-11,14H,4,6,8-9,12H2,1H3,(H,21,24);1H,(H,2,3). The summed E-state index contributed by atoms with van der Waals surface area (Å²) in [5.74, 6) is 0.112. The van der Waals surface area contributed by atoms with Crippen molar-refractivity contribution in [2.24, 2.45) is 0 Å². The van der Waals surface area contributed by atoms with Gasteiger partial charge < -0.3 is 15.3 Å². The Morgan fingerprint density at radius 2 is 2.15 bits per heavy atom. The number of nitrogens with zero attached hydrogens (tertiary/aromatic N) is 3. The topological polar surface area (TPSA) is 95.4 Å². The third-order valence-corrected chi connectivity index (χ3v) is 4.69. The van der Waals surface area contributed by atoms with Crippen LogP contribution in [0.1, 0.15) is 40.5 Å². The molecule has 2 heterocycles. The molecule has 0 saturated carbocycles. The van der Waals surface area contributed by atoms with Crippen LogP contribution in [0.4, 0.5) is 0 Å². The molecule has 1 unspecified atom stereocenters. The molecule has 144 valence electrons. The van der Waals surface area contributed by atoms with Crippen molar-refractivity contribution in [1.29, 1.82) is 0 Å². The van der Waals surface area contributed by atoms with E-state index in [1.165, 1.54) is 6.20 Å². The van der Waals surface area contributed by atoms with Crippen LogP contribution in [0.5, 0.6) is 0 Å². The van der Waals surface area contributed by atoms with Gasteiger partial charge in [-0.3, -0.25) is 14.6 Å². The molecule has 1 aliphatic heterocycles. The number of aromatic nitrogens is 2. The number of likely N-dealkylation sites (tertiary alicyclic amines) is 1. The lowest BCUT2D eigenvalue weighted by atomic mass is 9.95. The van der Waals surface area contributed by atoms with E-state index in [1.54, 1.807) is 6.20 Å². The number of carbonyl (C=O) groups is 2. The molecule has 1 aliphatic rings. The highest BCUT2D eigenvalue weighted by atomic mass is 35.5. The Labute approximate surface area is 163 Å². The number of amides is 1. The van der Waals surface area contributed by atoms with E-state index in [9.17, 15) is 4.79 Å². The van der Waals surface area contributed by atoms with Crippen LogP contribution >= 0.6 is 11.6 Å². The van der Waals surface area contributed by atoms with Crippen molar-refractivity contribution in [3.05, 3.63) is 58.6 Å². The van der Waals surface area contributed by atoms with E-state index in [2.05, 4.69) is 27.2 Å². The van der Waals surface area contributed by atoms with Gasteiger partial charge in [0.25, 0.3) is 12.4 Å². The molecule has 0 bridgehead atoms. The Balaban J connectivity index is 0.000000817. The molecule has 3 rings (SSSR count). The van der Waals surface area contributed by atoms with Crippen LogP contribution in [0.15, 0.2) is 36.7 Å². The van der Waals surface area contributed by atoms with E-state index in [-0.39, 0.29) is 12.4 Å². The van der Waals surface area contributed by atoms with Crippen molar-refractivity contribution in [1.82, 2.24) is 20.2 Å². The second-order valence-electron chi connectivity index (χ2n) is 6.31. The molecule has 0 radical (unpaired) electrons. The van der Waals surface area contributed by atoms with E-state index in [0.717, 1.165) is 37.2 Å². The minimum Gasteiger partial charge on any atom is -0.483 e. The molecule has 0 spiro atoms. The highest BCUT2D eigenvalue weighted by Gasteiger charge is 2.21. The Bertz CT molecular complexity index is 772. The predicted octanol–water partition coefficient (Wildman–Crippen LogP) is 2.57. The van der Waals surface area contributed by atoms with Crippen LogP contribution in [0, 0.1) is 0 Å². The normalized spacial score (nSPS) is 16.7. The monoisotopic (exact) mass is 390 g/mol. The van der Waals surface area contributed by atoms with E-state index in [4.69, 9.17) is 21.5 Å². The Kier molecular flexibility index (Phi) is 8.16. The lowest BCUT2D eigenvalue weighted by molar-refractivity contribution is -0.122. The summed E-state index contributed by atoms with van der Waals surface area (Å²) in [4.78, 5) is 31.8. The second kappa shape index (κ2) is 10.6. The zero-order valence-electron chi connectivity index (χ0n) is 15.1. The summed E-state index contributed by atoms with van der Waals surface area (Å²) in [6, 6.07) is 7.46. The number of nitrogens with one attached hydrogen (secondary N) is 1. The smallest absolute Gasteiger partial charge is 0.290 e. The molecule has 27 heavy (non-hydrogen) atoms. The molecule has 8 heteroatoms. The Hall–Kier alpha value is -2.51. The largest absolute Gasteiger partial charge is 0.483 e. The van der Waals surface area contributed by atoms with Gasteiger partial charge in [0.1, 0.15) is 5.69 Å². The van der Waals surface area contributed by atoms with Crippen molar-refractivity contribution in [2.75, 3.05) is 20.1 Å². The van der Waals surface area contributed by atoms with Gasteiger partial charge in [-0.2, -0.15) is 0 Å². The molecule has 0 aliphatic carbocycles. The summed E-state index contributed by atoms with van der Waals surface area (Å²) < 4.78 is 0. The molecule has 1 amide bonds. The molecular formula is C19H23ClN4O3. The van der Waals surface area contributed by atoms with Gasteiger partial charge in [0.15, 0.2) is 0 Å². The van der Waals surface area contributed by atoms with Gasteiger partial charge in [0.2, 0.25) is 0 Å². The van der Waals surface area contributed by atoms with E-state index in [0.29, 0.717) is 23.2 Å². The second-order valence-corrected chi connectivity index (χ2v) is 6.72. The maximum absolute atomic E-state index is 12.4. The van der Waals surface area contributed by atoms with Crippen molar-refractivity contribution >= 4 is 24.0 Å². The maximum atomic E-state index is 12.4. The fourth-order valence-corrected chi connectivity index (χ4v) is 3.21. The fraction of sp³-hybridized carbons (Fsp3) is 0.368. The van der Waals surface area contributed by atoms with Crippen molar-refractivity contribution in [3.8, 4) is 0 Å². The van der Waals surface area contributed by atoms with E-state index in [1.807, 2.05) is 24.3 Å². The van der Waals surface area contributed by atoms with Crippen LogP contribution in [0.2, 0.25) is 5.02 Å². The first kappa shape index (κ1) is 20.8. The van der Waals surface area contributed by atoms with Gasteiger partial charge >= 0.3 is 0 Å². The zero-order valence-corrected chi connectivity index (χ0v) is 15.9.